The number of hydrogen-bond donors (Lipinski definition) is 0. The third-order valence-corrected chi connectivity index (χ3v) is 6.43. The van der Waals surface area contributed by atoms with Crippen LogP contribution in [-0.4, -0.2) is 0 Å². The molecule has 27 heavy (non-hydrogen) atoms. The van der Waals surface area contributed by atoms with Gasteiger partial charge in [-0.3, -0.25) is 0 Å². The highest BCUT2D eigenvalue weighted by molar-refractivity contribution is 5.70. The molecule has 0 heteroatoms. The summed E-state index contributed by atoms with van der Waals surface area (Å²) in [7, 11) is 0. The van der Waals surface area contributed by atoms with Crippen LogP contribution in [0.3, 0.4) is 0 Å². The molecule has 2 aliphatic carbocycles. The molecule has 0 aliphatic heterocycles. The second-order valence-corrected chi connectivity index (χ2v) is 8.66. The Labute approximate surface area is 165 Å². The molecule has 0 saturated heterocycles. The maximum absolute atomic E-state index is 4.55. The van der Waals surface area contributed by atoms with Crippen molar-refractivity contribution in [3.63, 3.8) is 0 Å². The highest BCUT2D eigenvalue weighted by atomic mass is 14.4. The van der Waals surface area contributed by atoms with Gasteiger partial charge in [-0.2, -0.15) is 0 Å². The van der Waals surface area contributed by atoms with Crippen molar-refractivity contribution >= 4 is 11.6 Å². The highest BCUT2D eigenvalue weighted by Crippen LogP contribution is 2.48. The van der Waals surface area contributed by atoms with Crippen molar-refractivity contribution < 1.29 is 0 Å². The molecule has 0 radical (unpaired) electrons. The molecule has 2 atom stereocenters. The minimum atomic E-state index is 0.541. The van der Waals surface area contributed by atoms with Gasteiger partial charge in [0.1, 0.15) is 0 Å². The zero-order chi connectivity index (χ0) is 18.8. The molecule has 0 nitrogen and oxygen atoms in total. The second kappa shape index (κ2) is 7.89. The monoisotopic (exact) mass is 356 g/mol. The lowest BCUT2D eigenvalue weighted by atomic mass is 9.80. The fourth-order valence-corrected chi connectivity index (χ4v) is 4.74. The van der Waals surface area contributed by atoms with E-state index >= 15 is 0 Å². The molecule has 1 saturated carbocycles. The molecule has 0 N–H and O–H groups in total. The van der Waals surface area contributed by atoms with Crippen LogP contribution in [0.2, 0.25) is 0 Å². The zero-order valence-corrected chi connectivity index (χ0v) is 16.9. The number of rotatable bonds is 8. The van der Waals surface area contributed by atoms with E-state index in [0.29, 0.717) is 11.8 Å². The molecule has 2 aromatic rings. The summed E-state index contributed by atoms with van der Waals surface area (Å²) in [5.74, 6) is 2.13. The van der Waals surface area contributed by atoms with E-state index in [1.807, 2.05) is 0 Å². The standard InChI is InChI=1S/C27H32/c1-4-8-22(20(3)23-11-7-9-19(2)15-23)17-25-18-24-10-5-6-12-26(24)27(25)16-21-13-14-21/h5-7,9-12,15,18,21-22,27H,3-4,8,13-14,16-17H2,1-2H3. The van der Waals surface area contributed by atoms with E-state index in [2.05, 4.69) is 75.0 Å². The van der Waals surface area contributed by atoms with Crippen LogP contribution in [0.4, 0.5) is 0 Å². The SMILES string of the molecule is C=C(c1cccc(C)c1)C(CCC)CC1=Cc2ccccc2C1CC1CC1. The average molecular weight is 357 g/mol. The first-order chi connectivity index (χ1) is 13.2. The Morgan fingerprint density at radius 2 is 1.93 bits per heavy atom. The van der Waals surface area contributed by atoms with E-state index in [1.54, 1.807) is 11.1 Å². The Balaban J connectivity index is 1.58. The van der Waals surface area contributed by atoms with Crippen LogP contribution in [0.1, 0.15) is 73.6 Å². The van der Waals surface area contributed by atoms with E-state index in [4.69, 9.17) is 0 Å². The molecular weight excluding hydrogens is 324 g/mol. The number of hydrogen-bond acceptors (Lipinski definition) is 0. The molecule has 1 fully saturated rings. The first-order valence-electron chi connectivity index (χ1n) is 10.7. The van der Waals surface area contributed by atoms with Crippen molar-refractivity contribution in [1.29, 1.82) is 0 Å². The van der Waals surface area contributed by atoms with Gasteiger partial charge in [0.25, 0.3) is 0 Å². The summed E-state index contributed by atoms with van der Waals surface area (Å²) in [4.78, 5) is 0. The summed E-state index contributed by atoms with van der Waals surface area (Å²) in [6.45, 7) is 9.02. The molecule has 0 spiro atoms. The summed E-state index contributed by atoms with van der Waals surface area (Å²) in [5, 5.41) is 0. The van der Waals surface area contributed by atoms with Gasteiger partial charge in [-0.1, -0.05) is 98.5 Å². The van der Waals surface area contributed by atoms with E-state index in [-0.39, 0.29) is 0 Å². The molecule has 0 heterocycles. The summed E-state index contributed by atoms with van der Waals surface area (Å²) >= 11 is 0. The average Bonchev–Trinajstić information content (AvgIpc) is 3.43. The van der Waals surface area contributed by atoms with Crippen LogP contribution in [0.5, 0.6) is 0 Å². The first kappa shape index (κ1) is 18.3. The van der Waals surface area contributed by atoms with Gasteiger partial charge in [-0.25, -0.2) is 0 Å². The number of benzene rings is 2. The highest BCUT2D eigenvalue weighted by Gasteiger charge is 2.33. The lowest BCUT2D eigenvalue weighted by Crippen LogP contribution is -2.08. The topological polar surface area (TPSA) is 0 Å². The van der Waals surface area contributed by atoms with Gasteiger partial charge in [0.05, 0.1) is 0 Å². The van der Waals surface area contributed by atoms with Crippen molar-refractivity contribution in [2.45, 2.75) is 58.3 Å². The van der Waals surface area contributed by atoms with E-state index in [1.165, 1.54) is 54.4 Å². The van der Waals surface area contributed by atoms with Crippen LogP contribution in [0.15, 0.2) is 60.7 Å². The molecule has 140 valence electrons. The minimum absolute atomic E-state index is 0.541. The van der Waals surface area contributed by atoms with Crippen LogP contribution in [0, 0.1) is 18.8 Å². The molecule has 4 rings (SSSR count). The van der Waals surface area contributed by atoms with Gasteiger partial charge in [-0.15, -0.1) is 0 Å². The van der Waals surface area contributed by atoms with Gasteiger partial charge in [0.2, 0.25) is 0 Å². The van der Waals surface area contributed by atoms with Crippen LogP contribution in [0.25, 0.3) is 11.6 Å². The number of aryl methyl sites for hydroxylation is 1. The summed E-state index contributed by atoms with van der Waals surface area (Å²) < 4.78 is 0. The maximum atomic E-state index is 4.55. The van der Waals surface area contributed by atoms with Crippen molar-refractivity contribution in [1.82, 2.24) is 0 Å². The Morgan fingerprint density at radius 3 is 2.67 bits per heavy atom. The van der Waals surface area contributed by atoms with E-state index in [0.717, 1.165) is 12.3 Å². The molecule has 0 aromatic heterocycles. The molecule has 2 aromatic carbocycles. The minimum Gasteiger partial charge on any atom is -0.0949 e. The fraction of sp³-hybridized carbons (Fsp3) is 0.407. The molecule has 0 bridgehead atoms. The van der Waals surface area contributed by atoms with Crippen LogP contribution >= 0.6 is 0 Å². The quantitative estimate of drug-likeness (QED) is 0.452. The lowest BCUT2D eigenvalue weighted by molar-refractivity contribution is 0.551. The molecular formula is C27H32. The summed E-state index contributed by atoms with van der Waals surface area (Å²) in [6, 6.07) is 17.9. The lowest BCUT2D eigenvalue weighted by Gasteiger charge is -2.24. The second-order valence-electron chi connectivity index (χ2n) is 8.66. The maximum Gasteiger partial charge on any atom is 0.00602 e. The number of fused-ring (bicyclic) bond motifs is 1. The van der Waals surface area contributed by atoms with Crippen molar-refractivity contribution in [2.75, 3.05) is 0 Å². The largest absolute Gasteiger partial charge is 0.0949 e. The fourth-order valence-electron chi connectivity index (χ4n) is 4.74. The van der Waals surface area contributed by atoms with Crippen LogP contribution in [-0.2, 0) is 0 Å². The summed E-state index contributed by atoms with van der Waals surface area (Å²) in [6.07, 6.45) is 10.3. The third-order valence-electron chi connectivity index (χ3n) is 6.43. The van der Waals surface area contributed by atoms with Gasteiger partial charge >= 0.3 is 0 Å². The Bertz CT molecular complexity index is 850. The Hall–Kier alpha value is -2.08. The Morgan fingerprint density at radius 1 is 1.11 bits per heavy atom. The van der Waals surface area contributed by atoms with Gasteiger partial charge in [0.15, 0.2) is 0 Å². The van der Waals surface area contributed by atoms with Crippen LogP contribution < -0.4 is 0 Å². The third kappa shape index (κ3) is 4.10. The van der Waals surface area contributed by atoms with Gasteiger partial charge in [-0.05, 0) is 60.3 Å². The predicted molar refractivity (Wildman–Crippen MR) is 118 cm³/mol. The van der Waals surface area contributed by atoms with E-state index < -0.39 is 0 Å². The van der Waals surface area contributed by atoms with Crippen molar-refractivity contribution in [3.8, 4) is 0 Å². The molecule has 0 amide bonds. The molecule has 2 aliphatic rings. The van der Waals surface area contributed by atoms with Crippen molar-refractivity contribution in [2.24, 2.45) is 11.8 Å². The number of allylic oxidation sites excluding steroid dienone is 2. The van der Waals surface area contributed by atoms with Crippen molar-refractivity contribution in [3.05, 3.63) is 82.9 Å². The zero-order valence-electron chi connectivity index (χ0n) is 16.9. The molecule has 2 unspecified atom stereocenters. The smallest absolute Gasteiger partial charge is 0.00602 e. The first-order valence-corrected chi connectivity index (χ1v) is 10.7. The normalized spacial score (nSPS) is 19.5. The predicted octanol–water partition coefficient (Wildman–Crippen LogP) is 7.80. The van der Waals surface area contributed by atoms with E-state index in [9.17, 15) is 0 Å². The Kier molecular flexibility index (Phi) is 5.34. The summed E-state index contributed by atoms with van der Waals surface area (Å²) in [5.41, 5.74) is 8.63. The van der Waals surface area contributed by atoms with Gasteiger partial charge in [0, 0.05) is 5.92 Å². The van der Waals surface area contributed by atoms with Gasteiger partial charge < -0.3 is 0 Å².